The molecule has 0 unspecified atom stereocenters. The molecule has 130 valence electrons. The number of hydrogen-bond acceptors (Lipinski definition) is 5. The zero-order valence-corrected chi connectivity index (χ0v) is 15.5. The molecule has 1 amide bonds. The van der Waals surface area contributed by atoms with Crippen LogP contribution in [0.25, 0.3) is 10.9 Å². The first kappa shape index (κ1) is 18.1. The highest BCUT2D eigenvalue weighted by Gasteiger charge is 2.26. The number of nitrogens with zero attached hydrogens (tertiary/aromatic N) is 1. The van der Waals surface area contributed by atoms with Crippen molar-refractivity contribution < 1.29 is 24.2 Å². The van der Waals surface area contributed by atoms with E-state index in [1.807, 2.05) is 0 Å². The van der Waals surface area contributed by atoms with Gasteiger partial charge in [0.15, 0.2) is 5.75 Å². The molecule has 0 atom stereocenters. The second kappa shape index (κ2) is 7.12. The number of fused-ring (bicyclic) bond motifs is 1. The van der Waals surface area contributed by atoms with Gasteiger partial charge in [-0.1, -0.05) is 0 Å². The van der Waals surface area contributed by atoms with Crippen LogP contribution in [-0.2, 0) is 16.5 Å². The summed E-state index contributed by atoms with van der Waals surface area (Å²) in [5, 5.41) is 13.3. The van der Waals surface area contributed by atoms with Crippen molar-refractivity contribution in [3.8, 4) is 5.75 Å². The van der Waals surface area contributed by atoms with Crippen molar-refractivity contribution in [1.29, 1.82) is 0 Å². The Morgan fingerprint density at radius 1 is 1.29 bits per heavy atom. The van der Waals surface area contributed by atoms with E-state index >= 15 is 0 Å². The van der Waals surface area contributed by atoms with Crippen molar-refractivity contribution in [2.75, 3.05) is 18.5 Å². The Labute approximate surface area is 147 Å². The number of anilines is 1. The van der Waals surface area contributed by atoms with Gasteiger partial charge in [0, 0.05) is 18.1 Å². The van der Waals surface area contributed by atoms with Crippen LogP contribution in [0.2, 0.25) is 0 Å². The molecule has 1 aromatic carbocycles. The van der Waals surface area contributed by atoms with Crippen molar-refractivity contribution in [1.82, 2.24) is 4.57 Å². The first-order valence-electron chi connectivity index (χ1n) is 7.44. The number of halogens is 1. The van der Waals surface area contributed by atoms with Crippen molar-refractivity contribution >= 4 is 44.6 Å². The van der Waals surface area contributed by atoms with Gasteiger partial charge < -0.3 is 19.1 Å². The van der Waals surface area contributed by atoms with E-state index in [9.17, 15) is 14.7 Å². The zero-order chi connectivity index (χ0) is 18.0. The Kier molecular flexibility index (Phi) is 5.38. The van der Waals surface area contributed by atoms with Crippen LogP contribution in [0, 0.1) is 6.92 Å². The highest BCUT2D eigenvalue weighted by Crippen LogP contribution is 2.42. The molecule has 24 heavy (non-hydrogen) atoms. The number of aromatic hydroxyl groups is 1. The molecule has 0 saturated carbocycles. The van der Waals surface area contributed by atoms with Crippen LogP contribution in [-0.4, -0.2) is 34.9 Å². The maximum absolute atomic E-state index is 12.4. The number of nitrogens with one attached hydrogen (secondary N) is 1. The highest BCUT2D eigenvalue weighted by molar-refractivity contribution is 9.10. The number of amides is 1. The van der Waals surface area contributed by atoms with E-state index in [-0.39, 0.29) is 24.7 Å². The quantitative estimate of drug-likeness (QED) is 0.605. The van der Waals surface area contributed by atoms with Crippen molar-refractivity contribution in [2.45, 2.75) is 20.8 Å². The van der Waals surface area contributed by atoms with Crippen molar-refractivity contribution in [3.05, 3.63) is 21.8 Å². The number of rotatable bonds is 4. The summed E-state index contributed by atoms with van der Waals surface area (Å²) < 4.78 is 12.2. The van der Waals surface area contributed by atoms with Gasteiger partial charge in [-0.05, 0) is 42.8 Å². The van der Waals surface area contributed by atoms with Crippen molar-refractivity contribution in [3.63, 3.8) is 0 Å². The Morgan fingerprint density at radius 3 is 2.50 bits per heavy atom. The SMILES string of the molecule is CCOC(=O)Nc1c(O)c(Br)cc2c1c(C(=O)OCC)c(C)n2C. The fourth-order valence-corrected chi connectivity index (χ4v) is 2.93. The zero-order valence-electron chi connectivity index (χ0n) is 13.9. The van der Waals surface area contributed by atoms with Crippen LogP contribution < -0.4 is 5.32 Å². The van der Waals surface area contributed by atoms with Gasteiger partial charge in [-0.2, -0.15) is 0 Å². The molecule has 2 rings (SSSR count). The lowest BCUT2D eigenvalue weighted by Crippen LogP contribution is -2.14. The number of phenols is 1. The van der Waals surface area contributed by atoms with Gasteiger partial charge in [-0.3, -0.25) is 5.32 Å². The Balaban J connectivity index is 2.78. The second-order valence-corrected chi connectivity index (χ2v) is 5.92. The van der Waals surface area contributed by atoms with Gasteiger partial charge in [0.05, 0.1) is 34.5 Å². The molecule has 0 aliphatic heterocycles. The molecule has 2 N–H and O–H groups in total. The summed E-state index contributed by atoms with van der Waals surface area (Å²) in [6, 6.07) is 1.68. The van der Waals surface area contributed by atoms with E-state index in [2.05, 4.69) is 21.2 Å². The first-order valence-corrected chi connectivity index (χ1v) is 8.24. The monoisotopic (exact) mass is 398 g/mol. The first-order chi connectivity index (χ1) is 11.3. The summed E-state index contributed by atoms with van der Waals surface area (Å²) >= 11 is 3.26. The van der Waals surface area contributed by atoms with E-state index in [1.165, 1.54) is 0 Å². The molecule has 0 aliphatic carbocycles. The molecule has 0 radical (unpaired) electrons. The van der Waals surface area contributed by atoms with E-state index in [4.69, 9.17) is 9.47 Å². The molecule has 1 heterocycles. The lowest BCUT2D eigenvalue weighted by Gasteiger charge is -2.12. The minimum atomic E-state index is -0.719. The number of aromatic nitrogens is 1. The minimum absolute atomic E-state index is 0.101. The molecule has 0 bridgehead atoms. The standard InChI is InChI=1S/C16H19BrN2O5/c1-5-23-15(21)11-8(3)19(4)10-7-9(17)14(20)13(12(10)11)18-16(22)24-6-2/h7,20H,5-6H2,1-4H3,(H,18,22). The van der Waals surface area contributed by atoms with Gasteiger partial charge >= 0.3 is 12.1 Å². The van der Waals surface area contributed by atoms with Gasteiger partial charge in [-0.15, -0.1) is 0 Å². The number of esters is 1. The van der Waals surface area contributed by atoms with E-state index < -0.39 is 12.1 Å². The third-order valence-electron chi connectivity index (χ3n) is 3.69. The van der Waals surface area contributed by atoms with Crippen LogP contribution in [0.3, 0.4) is 0 Å². The summed E-state index contributed by atoms with van der Waals surface area (Å²) in [5.74, 6) is -0.707. The average molecular weight is 399 g/mol. The summed E-state index contributed by atoms with van der Waals surface area (Å²) in [4.78, 5) is 24.2. The molecule has 7 nitrogen and oxygen atoms in total. The van der Waals surface area contributed by atoms with E-state index in [0.29, 0.717) is 26.6 Å². The highest BCUT2D eigenvalue weighted by atomic mass is 79.9. The predicted molar refractivity (Wildman–Crippen MR) is 93.6 cm³/mol. The Bertz CT molecular complexity index is 813. The van der Waals surface area contributed by atoms with E-state index in [1.54, 1.807) is 38.5 Å². The third-order valence-corrected chi connectivity index (χ3v) is 4.30. The van der Waals surface area contributed by atoms with Crippen molar-refractivity contribution in [2.24, 2.45) is 7.05 Å². The second-order valence-electron chi connectivity index (χ2n) is 5.06. The van der Waals surface area contributed by atoms with Gasteiger partial charge in [0.25, 0.3) is 0 Å². The lowest BCUT2D eigenvalue weighted by molar-refractivity contribution is 0.0527. The summed E-state index contributed by atoms with van der Waals surface area (Å²) in [7, 11) is 1.79. The molecular weight excluding hydrogens is 380 g/mol. The maximum atomic E-state index is 12.4. The third kappa shape index (κ3) is 3.06. The fraction of sp³-hybridized carbons (Fsp3) is 0.375. The Hall–Kier alpha value is -2.22. The number of carbonyl (C=O) groups excluding carboxylic acids is 2. The molecule has 1 aromatic heterocycles. The minimum Gasteiger partial charge on any atom is -0.505 e. The number of aryl methyl sites for hydroxylation is 1. The Morgan fingerprint density at radius 2 is 1.92 bits per heavy atom. The molecule has 2 aromatic rings. The molecular formula is C16H19BrN2O5. The number of carbonyl (C=O) groups is 2. The molecule has 0 saturated heterocycles. The van der Waals surface area contributed by atoms with Gasteiger partial charge in [0.1, 0.15) is 0 Å². The summed E-state index contributed by atoms with van der Waals surface area (Å²) in [6.45, 7) is 5.56. The normalized spacial score (nSPS) is 10.7. The van der Waals surface area contributed by atoms with Gasteiger partial charge in [0.2, 0.25) is 0 Å². The predicted octanol–water partition coefficient (Wildman–Crippen LogP) is 3.70. The van der Waals surface area contributed by atoms with Crippen LogP contribution in [0.1, 0.15) is 29.9 Å². The average Bonchev–Trinajstić information content (AvgIpc) is 2.77. The lowest BCUT2D eigenvalue weighted by atomic mass is 10.1. The van der Waals surface area contributed by atoms with Crippen LogP contribution >= 0.6 is 15.9 Å². The smallest absolute Gasteiger partial charge is 0.411 e. The number of hydrogen-bond donors (Lipinski definition) is 2. The molecule has 0 aliphatic rings. The molecule has 8 heteroatoms. The topological polar surface area (TPSA) is 89.8 Å². The van der Waals surface area contributed by atoms with Crippen LogP contribution in [0.4, 0.5) is 10.5 Å². The van der Waals surface area contributed by atoms with Crippen LogP contribution in [0.15, 0.2) is 10.5 Å². The van der Waals surface area contributed by atoms with E-state index in [0.717, 1.165) is 0 Å². The largest absolute Gasteiger partial charge is 0.505 e. The number of phenolic OH excluding ortho intramolecular Hbond substituents is 1. The maximum Gasteiger partial charge on any atom is 0.411 e. The summed E-state index contributed by atoms with van der Waals surface area (Å²) in [5.41, 5.74) is 1.72. The fourth-order valence-electron chi connectivity index (χ4n) is 2.52. The molecule has 0 spiro atoms. The van der Waals surface area contributed by atoms with Crippen LogP contribution in [0.5, 0.6) is 5.75 Å². The number of ether oxygens (including phenoxy) is 2. The summed E-state index contributed by atoms with van der Waals surface area (Å²) in [6.07, 6.45) is -0.719. The van der Waals surface area contributed by atoms with Gasteiger partial charge in [-0.25, -0.2) is 9.59 Å². The molecule has 0 fully saturated rings. The number of benzene rings is 1.